The molecule has 5 heteroatoms. The summed E-state index contributed by atoms with van der Waals surface area (Å²) in [5, 5.41) is 0.618. The lowest BCUT2D eigenvalue weighted by molar-refractivity contribution is 0.0743. The average Bonchev–Trinajstić information content (AvgIpc) is 2.94. The van der Waals surface area contributed by atoms with Gasteiger partial charge in [0.25, 0.3) is 5.91 Å². The highest BCUT2D eigenvalue weighted by molar-refractivity contribution is 5.98. The van der Waals surface area contributed by atoms with E-state index in [2.05, 4.69) is 0 Å². The zero-order valence-corrected chi connectivity index (χ0v) is 14.5. The molecule has 4 nitrogen and oxygen atoms in total. The van der Waals surface area contributed by atoms with Crippen LogP contribution in [0.5, 0.6) is 5.75 Å². The molecular formula is C20H20FNO3. The Morgan fingerprint density at radius 3 is 2.64 bits per heavy atom. The first-order valence-electron chi connectivity index (χ1n) is 8.10. The van der Waals surface area contributed by atoms with E-state index in [1.54, 1.807) is 26.1 Å². The van der Waals surface area contributed by atoms with Crippen LogP contribution in [0.1, 0.15) is 21.7 Å². The first-order chi connectivity index (χ1) is 12.0. The van der Waals surface area contributed by atoms with E-state index in [9.17, 15) is 9.18 Å². The highest BCUT2D eigenvalue weighted by atomic mass is 19.1. The molecule has 0 aliphatic carbocycles. The van der Waals surface area contributed by atoms with Gasteiger partial charge in [-0.15, -0.1) is 0 Å². The summed E-state index contributed by atoms with van der Waals surface area (Å²) in [6, 6.07) is 12.4. The number of benzene rings is 2. The first kappa shape index (κ1) is 17.0. The van der Waals surface area contributed by atoms with Gasteiger partial charge in [0, 0.05) is 18.0 Å². The Bertz CT molecular complexity index is 916. The van der Waals surface area contributed by atoms with Crippen LogP contribution in [-0.4, -0.2) is 31.0 Å². The van der Waals surface area contributed by atoms with Crippen molar-refractivity contribution < 1.29 is 18.3 Å². The molecule has 0 N–H and O–H groups in total. The normalized spacial score (nSPS) is 10.9. The van der Waals surface area contributed by atoms with Gasteiger partial charge in [-0.25, -0.2) is 4.39 Å². The molecule has 0 bridgehead atoms. The predicted octanol–water partition coefficient (Wildman–Crippen LogP) is 4.34. The van der Waals surface area contributed by atoms with E-state index in [1.807, 2.05) is 31.2 Å². The van der Waals surface area contributed by atoms with Crippen molar-refractivity contribution in [2.24, 2.45) is 0 Å². The van der Waals surface area contributed by atoms with Crippen molar-refractivity contribution in [3.05, 3.63) is 65.2 Å². The Morgan fingerprint density at radius 1 is 1.16 bits per heavy atom. The van der Waals surface area contributed by atoms with Crippen LogP contribution in [-0.2, 0) is 0 Å². The Morgan fingerprint density at radius 2 is 1.92 bits per heavy atom. The van der Waals surface area contributed by atoms with Gasteiger partial charge in [-0.2, -0.15) is 0 Å². The van der Waals surface area contributed by atoms with Gasteiger partial charge in [-0.05, 0) is 31.5 Å². The van der Waals surface area contributed by atoms with E-state index in [0.29, 0.717) is 24.1 Å². The second kappa shape index (κ2) is 6.97. The summed E-state index contributed by atoms with van der Waals surface area (Å²) < 4.78 is 25.0. The third-order valence-corrected chi connectivity index (χ3v) is 4.23. The van der Waals surface area contributed by atoms with Gasteiger partial charge in [0.05, 0.1) is 6.54 Å². The van der Waals surface area contributed by atoms with E-state index in [-0.39, 0.29) is 17.3 Å². The molecule has 1 amide bonds. The number of fused-ring (bicyclic) bond motifs is 1. The van der Waals surface area contributed by atoms with Gasteiger partial charge in [0.15, 0.2) is 17.2 Å². The molecule has 3 rings (SSSR count). The number of carbonyl (C=O) groups excluding carboxylic acids is 1. The van der Waals surface area contributed by atoms with Gasteiger partial charge in [-0.3, -0.25) is 4.79 Å². The predicted molar refractivity (Wildman–Crippen MR) is 94.5 cm³/mol. The fourth-order valence-corrected chi connectivity index (χ4v) is 2.70. The maximum absolute atomic E-state index is 13.8. The molecule has 3 aromatic rings. The monoisotopic (exact) mass is 341 g/mol. The number of amides is 1. The Balaban J connectivity index is 1.69. The lowest BCUT2D eigenvalue weighted by atomic mass is 10.1. The molecule has 0 unspecified atom stereocenters. The number of likely N-dealkylation sites (N-methyl/N-ethyl adjacent to an activating group) is 1. The lowest BCUT2D eigenvalue weighted by Gasteiger charge is -2.17. The number of carbonyl (C=O) groups is 1. The van der Waals surface area contributed by atoms with Crippen LogP contribution in [0.4, 0.5) is 4.39 Å². The molecule has 1 heterocycles. The van der Waals surface area contributed by atoms with E-state index < -0.39 is 5.82 Å². The number of aryl methyl sites for hydroxylation is 2. The number of hydrogen-bond acceptors (Lipinski definition) is 3. The fraction of sp³-hybridized carbons (Fsp3) is 0.250. The topological polar surface area (TPSA) is 42.7 Å². The summed E-state index contributed by atoms with van der Waals surface area (Å²) in [4.78, 5) is 14.1. The summed E-state index contributed by atoms with van der Waals surface area (Å²) in [6.45, 7) is 4.49. The number of rotatable bonds is 5. The Labute approximate surface area is 145 Å². The highest BCUT2D eigenvalue weighted by Crippen LogP contribution is 2.28. The van der Waals surface area contributed by atoms with E-state index in [0.717, 1.165) is 11.3 Å². The first-order valence-corrected chi connectivity index (χ1v) is 8.10. The molecule has 0 fully saturated rings. The van der Waals surface area contributed by atoms with Crippen LogP contribution >= 0.6 is 0 Å². The maximum Gasteiger partial charge on any atom is 0.289 e. The van der Waals surface area contributed by atoms with Gasteiger partial charge in [0.1, 0.15) is 12.4 Å². The number of hydrogen-bond donors (Lipinski definition) is 0. The minimum absolute atomic E-state index is 0.118. The highest BCUT2D eigenvalue weighted by Gasteiger charge is 2.22. The Hall–Kier alpha value is -2.82. The number of para-hydroxylation sites is 2. The molecule has 0 atom stereocenters. The molecule has 0 aliphatic heterocycles. The van der Waals surface area contributed by atoms with E-state index >= 15 is 0 Å². The number of ether oxygens (including phenoxy) is 1. The standard InChI is InChI=1S/C20H20FNO3/c1-13-7-4-5-10-17(13)24-12-11-22(3)20(23)18-14(2)15-8-6-9-16(21)19(15)25-18/h4-10H,11-12H2,1-3H3. The minimum Gasteiger partial charge on any atom is -0.491 e. The fourth-order valence-electron chi connectivity index (χ4n) is 2.70. The summed E-state index contributed by atoms with van der Waals surface area (Å²) >= 11 is 0. The van der Waals surface area contributed by atoms with E-state index in [1.165, 1.54) is 11.0 Å². The summed E-state index contributed by atoms with van der Waals surface area (Å²) in [6.07, 6.45) is 0. The number of nitrogens with zero attached hydrogens (tertiary/aromatic N) is 1. The molecule has 0 radical (unpaired) electrons. The van der Waals surface area contributed by atoms with Gasteiger partial charge < -0.3 is 14.1 Å². The van der Waals surface area contributed by atoms with Crippen LogP contribution in [0.2, 0.25) is 0 Å². The zero-order chi connectivity index (χ0) is 18.0. The SMILES string of the molecule is Cc1ccccc1OCCN(C)C(=O)c1oc2c(F)cccc2c1C. The molecule has 0 saturated carbocycles. The van der Waals surface area contributed by atoms with Gasteiger partial charge in [0.2, 0.25) is 0 Å². The molecule has 1 aromatic heterocycles. The van der Waals surface area contributed by atoms with Crippen molar-refractivity contribution in [2.75, 3.05) is 20.2 Å². The second-order valence-corrected chi connectivity index (χ2v) is 6.01. The van der Waals surface area contributed by atoms with Crippen molar-refractivity contribution in [1.82, 2.24) is 4.90 Å². The number of halogens is 1. The molecule has 0 aliphatic rings. The number of furan rings is 1. The van der Waals surface area contributed by atoms with Gasteiger partial charge in [-0.1, -0.05) is 30.3 Å². The third-order valence-electron chi connectivity index (χ3n) is 4.23. The molecule has 2 aromatic carbocycles. The smallest absolute Gasteiger partial charge is 0.289 e. The summed E-state index contributed by atoms with van der Waals surface area (Å²) in [5.41, 5.74) is 1.80. The average molecular weight is 341 g/mol. The van der Waals surface area contributed by atoms with Crippen LogP contribution in [0.25, 0.3) is 11.0 Å². The van der Waals surface area contributed by atoms with Crippen LogP contribution < -0.4 is 4.74 Å². The van der Waals surface area contributed by atoms with Crippen LogP contribution in [0.3, 0.4) is 0 Å². The zero-order valence-electron chi connectivity index (χ0n) is 14.5. The molecule has 130 valence electrons. The molecule has 0 saturated heterocycles. The van der Waals surface area contributed by atoms with Crippen molar-refractivity contribution in [1.29, 1.82) is 0 Å². The van der Waals surface area contributed by atoms with Crippen LogP contribution in [0, 0.1) is 19.7 Å². The van der Waals surface area contributed by atoms with Crippen molar-refractivity contribution >= 4 is 16.9 Å². The lowest BCUT2D eigenvalue weighted by Crippen LogP contribution is -2.31. The van der Waals surface area contributed by atoms with E-state index in [4.69, 9.17) is 9.15 Å². The quantitative estimate of drug-likeness (QED) is 0.693. The molecule has 0 spiro atoms. The largest absolute Gasteiger partial charge is 0.491 e. The second-order valence-electron chi connectivity index (χ2n) is 6.01. The maximum atomic E-state index is 13.8. The molecular weight excluding hydrogens is 321 g/mol. The van der Waals surface area contributed by atoms with Crippen molar-refractivity contribution in [2.45, 2.75) is 13.8 Å². The van der Waals surface area contributed by atoms with Crippen molar-refractivity contribution in [3.63, 3.8) is 0 Å². The third kappa shape index (κ3) is 3.36. The minimum atomic E-state index is -0.467. The van der Waals surface area contributed by atoms with Gasteiger partial charge >= 0.3 is 0 Å². The molecule has 25 heavy (non-hydrogen) atoms. The van der Waals surface area contributed by atoms with Crippen LogP contribution in [0.15, 0.2) is 46.9 Å². The summed E-state index contributed by atoms with van der Waals surface area (Å²) in [7, 11) is 1.67. The van der Waals surface area contributed by atoms with Crippen molar-refractivity contribution in [3.8, 4) is 5.75 Å². The Kier molecular flexibility index (Phi) is 4.74. The summed E-state index contributed by atoms with van der Waals surface area (Å²) in [5.74, 6) is 0.204.